The molecular formula is C102H147N7O37. The molecule has 3 aliphatic rings. The van der Waals surface area contributed by atoms with Crippen LogP contribution in [0.15, 0.2) is 78.9 Å². The summed E-state index contributed by atoms with van der Waals surface area (Å²) in [5.74, 6) is -9.86. The van der Waals surface area contributed by atoms with Gasteiger partial charge in [0.25, 0.3) is 5.91 Å². The van der Waals surface area contributed by atoms with Gasteiger partial charge in [-0.3, -0.25) is 81.5 Å². The molecular weight excluding hydrogens is 1920 g/mol. The van der Waals surface area contributed by atoms with Crippen molar-refractivity contribution >= 4 is 107 Å². The molecule has 44 nitrogen and oxygen atoms in total. The van der Waals surface area contributed by atoms with Crippen LogP contribution in [0.5, 0.6) is 11.5 Å². The number of unbranched alkanes of at least 4 members (excludes halogenated alkanes) is 10. The summed E-state index contributed by atoms with van der Waals surface area (Å²) in [4.78, 5) is 235. The van der Waals surface area contributed by atoms with Gasteiger partial charge in [0.1, 0.15) is 79.1 Å². The SMILES string of the molecule is COc1ccc(C(OCC(OC(=O)CCC(C)=O)C(=O)N(CCCCN(CCCNC(=O)CCCCCCO[C@@H]2OC(COC(C)=O)[C@H](OC(C)=O)[C@H](OC(C)=O)C2NC(C)=O)C(=O)CCCCCCO[C@@H]2OC(COC(C)=O)[C@H](OC(C)=O)[C@H](OC(C)=O)C2NC(C)=O)CCCNC(=O)CCCCCCO[C@@H]2OC(COC(C)=O)[C@H](OC(C)=O)[C@H](OC(C)=O)C2NC(C)=O)(c2ccccc2)c2ccc(OC)cc2)cc1. The first-order chi connectivity index (χ1) is 69.6. The number of ketones is 1. The van der Waals surface area contributed by atoms with Crippen LogP contribution in [0.4, 0.5) is 0 Å². The highest BCUT2D eigenvalue weighted by molar-refractivity contribution is 5.86. The van der Waals surface area contributed by atoms with Crippen molar-refractivity contribution in [2.24, 2.45) is 0 Å². The number of nitrogens with one attached hydrogen (secondary N) is 5. The van der Waals surface area contributed by atoms with Crippen LogP contribution in [0, 0.1) is 0 Å². The first-order valence-electron chi connectivity index (χ1n) is 49.5. The average molecular weight is 2060 g/mol. The first kappa shape index (κ1) is 122. The number of benzene rings is 3. The number of rotatable bonds is 65. The Morgan fingerprint density at radius 1 is 0.342 bits per heavy atom. The molecule has 3 saturated heterocycles. The van der Waals surface area contributed by atoms with Gasteiger partial charge in [-0.25, -0.2) is 0 Å². The number of Topliss-reactive ketones (excluding diaryl/α,β-unsaturated/α-hetero) is 1. The predicted molar refractivity (Wildman–Crippen MR) is 515 cm³/mol. The summed E-state index contributed by atoms with van der Waals surface area (Å²) in [5, 5.41) is 13.9. The Bertz CT molecular complexity index is 4650. The smallest absolute Gasteiger partial charge is 0.307 e. The molecule has 3 fully saturated rings. The van der Waals surface area contributed by atoms with Gasteiger partial charge in [-0.05, 0) is 112 Å². The average Bonchev–Trinajstić information content (AvgIpc) is 0.744. The van der Waals surface area contributed by atoms with E-state index < -0.39 is 213 Å². The van der Waals surface area contributed by atoms with Gasteiger partial charge in [0.15, 0.2) is 55.5 Å². The van der Waals surface area contributed by atoms with Crippen LogP contribution in [0.2, 0.25) is 0 Å². The Morgan fingerprint density at radius 2 is 0.664 bits per heavy atom. The van der Waals surface area contributed by atoms with E-state index in [2.05, 4.69) is 26.6 Å². The standard InChI is InChI=1S/C102H147N7O37/c1-63(110)40-49-88(126)143-84(62-136-102(76-35-23-22-24-36-76,77-41-45-79(128-14)46-42-77)78-43-47-80(129-15)48-44-78)98(127)109(55-34-51-104-86(124)38-26-17-20-31-57-131-100-90(106-65(3)112)96(141-74(12)121)93(138-71(9)118)82(145-100)60-134-68(6)115)53-29-28-52-108(87(125)39-27-18-21-32-58-132-101-91(107-66(4)113)97(142-75(13)122)94(139-72(10)119)83(146-101)61-135-69(7)116)54-33-50-103-85(123)37-25-16-19-30-56-130-99-89(105-64(2)111)95(140-73(11)120)92(137-70(8)117)81(144-99)59-133-67(5)114/h22-24,35-36,41-48,81-84,89-97,99-101H,16-21,25-34,37-40,49-62H2,1-15H3,(H,103,123)(H,104,124)(H,105,111)(H,106,112)(H,107,113)/t81?,82?,83?,84?,89?,90?,91?,92-,93-,94-,95+,96+,97+,99+,100+,101+/m0/s1. The maximum Gasteiger partial charge on any atom is 0.307 e. The molecule has 0 radical (unpaired) electrons. The first-order valence-corrected chi connectivity index (χ1v) is 49.5. The summed E-state index contributed by atoms with van der Waals surface area (Å²) >= 11 is 0. The van der Waals surface area contributed by atoms with Crippen LogP contribution < -0.4 is 36.1 Å². The van der Waals surface area contributed by atoms with Crippen molar-refractivity contribution in [2.45, 2.75) is 328 Å². The largest absolute Gasteiger partial charge is 0.497 e. The summed E-state index contributed by atoms with van der Waals surface area (Å²) < 4.78 is 110. The summed E-state index contributed by atoms with van der Waals surface area (Å²) in [6.45, 7) is 14.2. The van der Waals surface area contributed by atoms with E-state index in [-0.39, 0.29) is 128 Å². The number of amides is 7. The number of hydrogen-bond donors (Lipinski definition) is 5. The zero-order valence-electron chi connectivity index (χ0n) is 86.3. The van der Waals surface area contributed by atoms with E-state index >= 15 is 4.79 Å². The fourth-order valence-electron chi connectivity index (χ4n) is 16.9. The van der Waals surface area contributed by atoms with Crippen LogP contribution >= 0.6 is 0 Å². The highest BCUT2D eigenvalue weighted by atomic mass is 16.7. The summed E-state index contributed by atoms with van der Waals surface area (Å²) in [6, 6.07) is 20.0. The van der Waals surface area contributed by atoms with Crippen LogP contribution in [0.1, 0.15) is 242 Å². The van der Waals surface area contributed by atoms with Crippen LogP contribution in [-0.2, 0) is 172 Å². The lowest BCUT2D eigenvalue weighted by Gasteiger charge is -2.44. The summed E-state index contributed by atoms with van der Waals surface area (Å²) in [7, 11) is 3.05. The second-order valence-electron chi connectivity index (χ2n) is 35.6. The number of carbonyl (C=O) groups is 18. The Morgan fingerprint density at radius 3 is 1.00 bits per heavy atom. The van der Waals surface area contributed by atoms with E-state index in [1.807, 2.05) is 54.6 Å². The van der Waals surface area contributed by atoms with Crippen molar-refractivity contribution in [3.05, 3.63) is 95.6 Å². The number of ether oxygens (including phenoxy) is 19. The van der Waals surface area contributed by atoms with E-state index in [1.165, 1.54) is 60.7 Å². The molecule has 146 heavy (non-hydrogen) atoms. The zero-order chi connectivity index (χ0) is 107. The Hall–Kier alpha value is -12.4. The molecule has 3 aromatic rings. The van der Waals surface area contributed by atoms with E-state index in [4.69, 9.17) is 90.0 Å². The van der Waals surface area contributed by atoms with Crippen LogP contribution in [0.25, 0.3) is 0 Å². The fourth-order valence-corrected chi connectivity index (χ4v) is 16.9. The van der Waals surface area contributed by atoms with Crippen LogP contribution in [-0.4, -0.2) is 314 Å². The minimum atomic E-state index is -1.67. The predicted octanol–water partition coefficient (Wildman–Crippen LogP) is 6.61. The number of carbonyl (C=O) groups excluding carboxylic acids is 18. The third-order valence-electron chi connectivity index (χ3n) is 23.4. The number of hydrogen-bond acceptors (Lipinski definition) is 37. The number of nitrogens with zero attached hydrogens (tertiary/aromatic N) is 2. The lowest BCUT2D eigenvalue weighted by atomic mass is 9.80. The second kappa shape index (κ2) is 65.3. The third-order valence-corrected chi connectivity index (χ3v) is 23.4. The molecule has 16 atom stereocenters. The molecule has 3 heterocycles. The highest BCUT2D eigenvalue weighted by Crippen LogP contribution is 2.43. The van der Waals surface area contributed by atoms with Crippen molar-refractivity contribution < 1.29 is 176 Å². The molecule has 812 valence electrons. The lowest BCUT2D eigenvalue weighted by Crippen LogP contribution is -2.66. The topological polar surface area (TPSA) is 549 Å². The van der Waals surface area contributed by atoms with Gasteiger partial charge in [-0.15, -0.1) is 0 Å². The molecule has 0 saturated carbocycles. The molecule has 0 aromatic heterocycles. The monoisotopic (exact) mass is 2060 g/mol. The van der Waals surface area contributed by atoms with E-state index in [0.29, 0.717) is 118 Å². The van der Waals surface area contributed by atoms with Crippen molar-refractivity contribution in [3.8, 4) is 11.5 Å². The van der Waals surface area contributed by atoms with Gasteiger partial charge in [0.2, 0.25) is 41.5 Å². The Balaban J connectivity index is 1.22. The Kier molecular flexibility index (Phi) is 54.7. The molecule has 3 aliphatic heterocycles. The minimum absolute atomic E-state index is 0.00949. The molecule has 0 spiro atoms. The molecule has 7 unspecified atom stereocenters. The highest BCUT2D eigenvalue weighted by Gasteiger charge is 2.55. The number of methoxy groups -OCH3 is 2. The molecule has 6 rings (SSSR count). The second-order valence-corrected chi connectivity index (χ2v) is 35.6. The third kappa shape index (κ3) is 43.7. The van der Waals surface area contributed by atoms with Gasteiger partial charge >= 0.3 is 59.7 Å². The van der Waals surface area contributed by atoms with Gasteiger partial charge < -0.3 is 131 Å². The van der Waals surface area contributed by atoms with Gasteiger partial charge in [0, 0.05) is 168 Å². The minimum Gasteiger partial charge on any atom is -0.497 e. The fraction of sp³-hybridized carbons (Fsp3) is 0.647. The maximum absolute atomic E-state index is 15.9. The van der Waals surface area contributed by atoms with Crippen molar-refractivity contribution in [1.82, 2.24) is 36.4 Å². The van der Waals surface area contributed by atoms with E-state index in [0.717, 1.165) is 48.5 Å². The molecule has 0 aliphatic carbocycles. The summed E-state index contributed by atoms with van der Waals surface area (Å²) in [6.07, 6.45) is -10.3. The lowest BCUT2D eigenvalue weighted by molar-refractivity contribution is -0.277. The Labute approximate surface area is 851 Å². The zero-order valence-corrected chi connectivity index (χ0v) is 86.3. The van der Waals surface area contributed by atoms with Crippen LogP contribution in [0.3, 0.4) is 0 Å². The molecule has 5 N–H and O–H groups in total. The van der Waals surface area contributed by atoms with Crippen molar-refractivity contribution in [2.75, 3.05) is 99.7 Å². The number of esters is 10. The van der Waals surface area contributed by atoms with Gasteiger partial charge in [0.05, 0.1) is 27.2 Å². The maximum atomic E-state index is 15.9. The summed E-state index contributed by atoms with van der Waals surface area (Å²) in [5.41, 5.74) is 0.267. The molecule has 3 aromatic carbocycles. The van der Waals surface area contributed by atoms with Gasteiger partial charge in [-0.1, -0.05) is 93.1 Å². The molecule has 0 bridgehead atoms. The molecule has 44 heteroatoms. The van der Waals surface area contributed by atoms with Gasteiger partial charge in [-0.2, -0.15) is 0 Å². The van der Waals surface area contributed by atoms with E-state index in [9.17, 15) is 81.5 Å². The van der Waals surface area contributed by atoms with Crippen molar-refractivity contribution in [1.29, 1.82) is 0 Å². The molecule has 7 amide bonds. The van der Waals surface area contributed by atoms with Crippen molar-refractivity contribution in [3.63, 3.8) is 0 Å². The quantitative estimate of drug-likeness (QED) is 0.0172. The van der Waals surface area contributed by atoms with E-state index in [1.54, 1.807) is 29.2 Å². The normalized spacial score (nSPS) is 20.7.